The number of nitrogens with one attached hydrogen (secondary N) is 1. The summed E-state index contributed by atoms with van der Waals surface area (Å²) < 4.78 is 2.80. The van der Waals surface area contributed by atoms with E-state index in [2.05, 4.69) is 15.5 Å². The fraction of sp³-hybridized carbons (Fsp3) is 0.280. The van der Waals surface area contributed by atoms with Crippen LogP contribution in [0, 0.1) is 13.8 Å². The Morgan fingerprint density at radius 1 is 1.06 bits per heavy atom. The minimum Gasteiger partial charge on any atom is -0.272 e. The second-order valence-electron chi connectivity index (χ2n) is 8.72. The molecule has 33 heavy (non-hydrogen) atoms. The Hall–Kier alpha value is -3.45. The molecule has 2 heterocycles. The summed E-state index contributed by atoms with van der Waals surface area (Å²) in [4.78, 5) is 31.1. The van der Waals surface area contributed by atoms with Gasteiger partial charge >= 0.3 is 0 Å². The van der Waals surface area contributed by atoms with Crippen molar-refractivity contribution in [3.8, 4) is 5.69 Å². The van der Waals surface area contributed by atoms with Crippen LogP contribution in [0.1, 0.15) is 42.4 Å². The third-order valence-corrected chi connectivity index (χ3v) is 6.99. The number of carbonyl (C=O) groups is 1. The summed E-state index contributed by atoms with van der Waals surface area (Å²) in [6, 6.07) is 13.3. The number of aromatic nitrogens is 4. The van der Waals surface area contributed by atoms with Crippen LogP contribution >= 0.6 is 11.6 Å². The van der Waals surface area contributed by atoms with Crippen LogP contribution < -0.4 is 11.0 Å². The summed E-state index contributed by atoms with van der Waals surface area (Å²) in [5, 5.41) is 5.34. The molecule has 0 bridgehead atoms. The second-order valence-corrected chi connectivity index (χ2v) is 9.16. The van der Waals surface area contributed by atoms with Gasteiger partial charge in [-0.15, -0.1) is 0 Å². The number of hydrogen-bond donors (Lipinski definition) is 1. The Kier molecular flexibility index (Phi) is 5.29. The first-order valence-corrected chi connectivity index (χ1v) is 11.4. The third-order valence-electron chi connectivity index (χ3n) is 6.73. The Balaban J connectivity index is 1.50. The highest BCUT2D eigenvalue weighted by molar-refractivity contribution is 6.30. The quantitative estimate of drug-likeness (QED) is 0.487. The van der Waals surface area contributed by atoms with Crippen molar-refractivity contribution in [3.05, 3.63) is 87.1 Å². The molecule has 0 unspecified atom stereocenters. The van der Waals surface area contributed by atoms with Crippen LogP contribution in [-0.2, 0) is 10.2 Å². The van der Waals surface area contributed by atoms with Gasteiger partial charge < -0.3 is 0 Å². The third kappa shape index (κ3) is 3.62. The number of rotatable bonds is 4. The zero-order valence-electron chi connectivity index (χ0n) is 18.5. The monoisotopic (exact) mass is 461 g/mol. The highest BCUT2D eigenvalue weighted by Gasteiger charge is 2.43. The fourth-order valence-corrected chi connectivity index (χ4v) is 4.77. The maximum absolute atomic E-state index is 13.5. The minimum atomic E-state index is -0.692. The highest BCUT2D eigenvalue weighted by Crippen LogP contribution is 2.41. The molecule has 1 N–H and O–H groups in total. The first-order valence-electron chi connectivity index (χ1n) is 11.0. The van der Waals surface area contributed by atoms with Crippen LogP contribution in [0.2, 0.25) is 5.02 Å². The predicted molar refractivity (Wildman–Crippen MR) is 129 cm³/mol. The molecule has 2 aromatic carbocycles. The van der Waals surface area contributed by atoms with Crippen molar-refractivity contribution in [1.82, 2.24) is 19.4 Å². The molecule has 0 spiro atoms. The molecule has 0 radical (unpaired) electrons. The van der Waals surface area contributed by atoms with E-state index < -0.39 is 5.41 Å². The molecular weight excluding hydrogens is 438 g/mol. The lowest BCUT2D eigenvalue weighted by Crippen LogP contribution is -2.44. The Bertz CT molecular complexity index is 1420. The number of aryl methyl sites for hydroxylation is 2. The zero-order chi connectivity index (χ0) is 23.2. The van der Waals surface area contributed by atoms with E-state index in [1.807, 2.05) is 44.2 Å². The van der Waals surface area contributed by atoms with Crippen molar-refractivity contribution in [1.29, 1.82) is 0 Å². The van der Waals surface area contributed by atoms with Crippen molar-refractivity contribution >= 4 is 28.5 Å². The second kappa shape index (κ2) is 8.15. The smallest absolute Gasteiger partial charge is 0.272 e. The van der Waals surface area contributed by atoms with E-state index in [1.165, 1.54) is 18.1 Å². The number of halogens is 1. The molecule has 1 amide bonds. The van der Waals surface area contributed by atoms with Gasteiger partial charge in [-0.2, -0.15) is 5.10 Å². The SMILES string of the molecule is Cc1ccc(-n2ncc3c(=O)n(NC(=O)C4(c5ccc(Cl)cc5)CCCC4)cnc32)cc1C. The van der Waals surface area contributed by atoms with E-state index in [4.69, 9.17) is 11.6 Å². The van der Waals surface area contributed by atoms with Crippen molar-refractivity contribution in [2.75, 3.05) is 5.43 Å². The van der Waals surface area contributed by atoms with Crippen molar-refractivity contribution in [2.45, 2.75) is 44.9 Å². The van der Waals surface area contributed by atoms with Crippen LogP contribution in [0.4, 0.5) is 0 Å². The van der Waals surface area contributed by atoms with Crippen LogP contribution in [0.15, 0.2) is 59.8 Å². The van der Waals surface area contributed by atoms with Gasteiger partial charge in [0.05, 0.1) is 17.3 Å². The number of fused-ring (bicyclic) bond motifs is 1. The van der Waals surface area contributed by atoms with Gasteiger partial charge in [0.25, 0.3) is 5.56 Å². The van der Waals surface area contributed by atoms with Crippen molar-refractivity contribution in [3.63, 3.8) is 0 Å². The molecule has 0 saturated heterocycles. The van der Waals surface area contributed by atoms with Gasteiger partial charge in [-0.3, -0.25) is 15.0 Å². The summed E-state index contributed by atoms with van der Waals surface area (Å²) in [6.07, 6.45) is 6.18. The van der Waals surface area contributed by atoms with Crippen molar-refractivity contribution in [2.24, 2.45) is 0 Å². The van der Waals surface area contributed by atoms with E-state index >= 15 is 0 Å². The van der Waals surface area contributed by atoms with Crippen LogP contribution in [0.3, 0.4) is 0 Å². The Labute approximate surface area is 196 Å². The normalized spacial score (nSPS) is 15.1. The number of hydrogen-bond acceptors (Lipinski definition) is 4. The average Bonchev–Trinajstić information content (AvgIpc) is 3.47. The number of benzene rings is 2. The van der Waals surface area contributed by atoms with E-state index in [1.54, 1.807) is 16.8 Å². The topological polar surface area (TPSA) is 81.8 Å². The maximum Gasteiger partial charge on any atom is 0.283 e. The van der Waals surface area contributed by atoms with E-state index in [9.17, 15) is 9.59 Å². The summed E-state index contributed by atoms with van der Waals surface area (Å²) in [6.45, 7) is 4.07. The molecule has 0 aliphatic heterocycles. The molecule has 7 nitrogen and oxygen atoms in total. The summed E-state index contributed by atoms with van der Waals surface area (Å²) in [5.41, 5.74) is 6.22. The van der Waals surface area contributed by atoms with Crippen LogP contribution in [0.5, 0.6) is 0 Å². The number of amides is 1. The van der Waals surface area contributed by atoms with Gasteiger partial charge in [0, 0.05) is 5.02 Å². The largest absolute Gasteiger partial charge is 0.283 e. The molecule has 1 aliphatic carbocycles. The molecule has 1 fully saturated rings. The molecule has 2 aromatic heterocycles. The fourth-order valence-electron chi connectivity index (χ4n) is 4.65. The van der Waals surface area contributed by atoms with E-state index in [-0.39, 0.29) is 11.5 Å². The van der Waals surface area contributed by atoms with Crippen LogP contribution in [0.25, 0.3) is 16.7 Å². The van der Waals surface area contributed by atoms with E-state index in [0.717, 1.165) is 47.2 Å². The summed E-state index contributed by atoms with van der Waals surface area (Å²) in [7, 11) is 0. The number of nitrogens with zero attached hydrogens (tertiary/aromatic N) is 4. The lowest BCUT2D eigenvalue weighted by molar-refractivity contribution is -0.122. The van der Waals surface area contributed by atoms with Crippen LogP contribution in [-0.4, -0.2) is 25.3 Å². The molecule has 1 aliphatic rings. The molecule has 0 atom stereocenters. The lowest BCUT2D eigenvalue weighted by Gasteiger charge is -2.28. The predicted octanol–water partition coefficient (Wildman–Crippen LogP) is 4.43. The first kappa shape index (κ1) is 21.4. The zero-order valence-corrected chi connectivity index (χ0v) is 19.3. The lowest BCUT2D eigenvalue weighted by atomic mass is 9.78. The first-order chi connectivity index (χ1) is 15.9. The summed E-state index contributed by atoms with van der Waals surface area (Å²) >= 11 is 6.05. The van der Waals surface area contributed by atoms with Gasteiger partial charge in [0.2, 0.25) is 5.91 Å². The van der Waals surface area contributed by atoms with Gasteiger partial charge in [-0.05, 0) is 67.6 Å². The molecular formula is C25H24ClN5O2. The maximum atomic E-state index is 13.5. The molecule has 168 valence electrons. The Morgan fingerprint density at radius 2 is 1.79 bits per heavy atom. The van der Waals surface area contributed by atoms with E-state index in [0.29, 0.717) is 16.1 Å². The highest BCUT2D eigenvalue weighted by atomic mass is 35.5. The van der Waals surface area contributed by atoms with Crippen molar-refractivity contribution < 1.29 is 4.79 Å². The van der Waals surface area contributed by atoms with Gasteiger partial charge in [0.1, 0.15) is 11.7 Å². The standard InChI is InChI=1S/C25H24ClN5O2/c1-16-5-10-20(13-17(16)2)31-22-21(14-28-31)23(32)30(15-27-22)29-24(33)25(11-3-4-12-25)18-6-8-19(26)9-7-18/h5-10,13-15H,3-4,11-12H2,1-2H3,(H,29,33). The van der Waals surface area contributed by atoms with Gasteiger partial charge in [-0.1, -0.05) is 42.6 Å². The molecule has 5 rings (SSSR count). The molecule has 4 aromatic rings. The van der Waals surface area contributed by atoms with Gasteiger partial charge in [0.15, 0.2) is 5.65 Å². The molecule has 8 heteroatoms. The molecule has 1 saturated carbocycles. The Morgan fingerprint density at radius 3 is 2.48 bits per heavy atom. The average molecular weight is 462 g/mol. The minimum absolute atomic E-state index is 0.216. The summed E-state index contributed by atoms with van der Waals surface area (Å²) in [5.74, 6) is -0.216. The number of carbonyl (C=O) groups excluding carboxylic acids is 1. The van der Waals surface area contributed by atoms with Gasteiger partial charge in [-0.25, -0.2) is 14.3 Å².